The third kappa shape index (κ3) is 3.56. The van der Waals surface area contributed by atoms with Crippen LogP contribution in [-0.2, 0) is 19.5 Å². The van der Waals surface area contributed by atoms with Crippen molar-refractivity contribution >= 4 is 22.2 Å². The van der Waals surface area contributed by atoms with Crippen molar-refractivity contribution in [3.05, 3.63) is 71.8 Å². The van der Waals surface area contributed by atoms with Crippen molar-refractivity contribution in [2.24, 2.45) is 0 Å². The number of fused-ring (bicyclic) bond motifs is 5. The van der Waals surface area contributed by atoms with E-state index < -0.39 is 0 Å². The summed E-state index contributed by atoms with van der Waals surface area (Å²) in [6.07, 6.45) is 0. The molecule has 0 radical (unpaired) electrons. The van der Waals surface area contributed by atoms with E-state index in [-0.39, 0.29) is 44.1 Å². The van der Waals surface area contributed by atoms with Gasteiger partial charge >= 0.3 is 19.5 Å². The third-order valence-corrected chi connectivity index (χ3v) is 3.92. The van der Waals surface area contributed by atoms with Gasteiger partial charge in [0.2, 0.25) is 0 Å². The zero-order valence-corrected chi connectivity index (χ0v) is 15.6. The van der Waals surface area contributed by atoms with E-state index in [2.05, 4.69) is 12.1 Å². The van der Waals surface area contributed by atoms with Crippen LogP contribution in [0.4, 0.5) is 0 Å². The summed E-state index contributed by atoms with van der Waals surface area (Å²) in [5.41, 5.74) is 4.46. The first kappa shape index (κ1) is 25.0. The molecule has 0 fully saturated rings. The second-order valence-corrected chi connectivity index (χ2v) is 5.00. The SMILES string of the molecule is N.N.N.N.N=C1C(=N)c2c(ccc3ccccc23)-c2ccccc21.[Rh+3]. The minimum atomic E-state index is 0. The zero-order chi connectivity index (χ0) is 13.7. The molecule has 0 unspecified atom stereocenters. The fourth-order valence-electron chi connectivity index (χ4n) is 2.96. The van der Waals surface area contributed by atoms with Crippen molar-refractivity contribution < 1.29 is 19.5 Å². The van der Waals surface area contributed by atoms with Crippen LogP contribution in [-0.4, -0.2) is 11.4 Å². The second kappa shape index (κ2) is 9.27. The summed E-state index contributed by atoms with van der Waals surface area (Å²) >= 11 is 0. The van der Waals surface area contributed by atoms with E-state index in [1.807, 2.05) is 48.5 Å². The summed E-state index contributed by atoms with van der Waals surface area (Å²) in [6, 6.07) is 20.1. The van der Waals surface area contributed by atoms with Gasteiger partial charge in [0.25, 0.3) is 0 Å². The van der Waals surface area contributed by atoms with Crippen molar-refractivity contribution in [3.8, 4) is 11.1 Å². The summed E-state index contributed by atoms with van der Waals surface area (Å²) in [5, 5.41) is 18.8. The smallest absolute Gasteiger partial charge is 0.344 e. The van der Waals surface area contributed by atoms with Crippen molar-refractivity contribution in [2.75, 3.05) is 0 Å². The van der Waals surface area contributed by atoms with Crippen LogP contribution in [0.25, 0.3) is 21.9 Å². The molecule has 14 N–H and O–H groups in total. The molecule has 0 spiro atoms. The molecular weight excluding hydrogens is 403 g/mol. The third-order valence-electron chi connectivity index (χ3n) is 3.92. The Balaban J connectivity index is 0. The molecule has 6 nitrogen and oxygen atoms in total. The van der Waals surface area contributed by atoms with Gasteiger partial charge in [-0.05, 0) is 21.9 Å². The van der Waals surface area contributed by atoms with Crippen LogP contribution < -0.4 is 24.6 Å². The fraction of sp³-hybridized carbons (Fsp3) is 0. The average Bonchev–Trinajstić information content (AvgIpc) is 2.51. The van der Waals surface area contributed by atoms with E-state index in [0.29, 0.717) is 11.4 Å². The minimum Gasteiger partial charge on any atom is -0.344 e. The molecule has 7 heteroatoms. The van der Waals surface area contributed by atoms with Crippen LogP contribution in [0.1, 0.15) is 11.1 Å². The van der Waals surface area contributed by atoms with Gasteiger partial charge in [-0.3, -0.25) is 10.8 Å². The van der Waals surface area contributed by atoms with Gasteiger partial charge in [-0.2, -0.15) is 0 Å². The summed E-state index contributed by atoms with van der Waals surface area (Å²) in [6.45, 7) is 0. The van der Waals surface area contributed by atoms with Gasteiger partial charge in [0.15, 0.2) is 0 Å². The largest absolute Gasteiger partial charge is 3.00 e. The van der Waals surface area contributed by atoms with Gasteiger partial charge in [0, 0.05) is 11.1 Å². The Hall–Kier alpha value is -2.28. The predicted octanol–water partition coefficient (Wildman–Crippen LogP) is 4.90. The maximum atomic E-state index is 8.36. The van der Waals surface area contributed by atoms with Crippen molar-refractivity contribution in [3.63, 3.8) is 0 Å². The molecule has 0 heterocycles. The van der Waals surface area contributed by atoms with Gasteiger partial charge in [-0.25, -0.2) is 0 Å². The van der Waals surface area contributed by atoms with Gasteiger partial charge in [-0.15, -0.1) is 0 Å². The van der Waals surface area contributed by atoms with Crippen molar-refractivity contribution in [1.29, 1.82) is 10.8 Å². The van der Waals surface area contributed by atoms with E-state index >= 15 is 0 Å². The Morgan fingerprint density at radius 1 is 0.520 bits per heavy atom. The molecule has 0 saturated carbocycles. The number of hydrogen-bond acceptors (Lipinski definition) is 6. The molecule has 0 aromatic heterocycles. The molecule has 1 aliphatic rings. The Bertz CT molecular complexity index is 907. The fourth-order valence-corrected chi connectivity index (χ4v) is 2.96. The number of benzene rings is 3. The second-order valence-electron chi connectivity index (χ2n) is 5.00. The van der Waals surface area contributed by atoms with Gasteiger partial charge < -0.3 is 24.6 Å². The maximum absolute atomic E-state index is 8.36. The maximum Gasteiger partial charge on any atom is 3.00 e. The molecule has 3 aromatic rings. The van der Waals surface area contributed by atoms with Gasteiger partial charge in [0.05, 0.1) is 11.4 Å². The Morgan fingerprint density at radius 3 is 1.76 bits per heavy atom. The molecule has 4 rings (SSSR count). The molecule has 3 aromatic carbocycles. The van der Waals surface area contributed by atoms with Crippen molar-refractivity contribution in [1.82, 2.24) is 24.6 Å². The molecule has 0 amide bonds. The molecule has 0 saturated heterocycles. The zero-order valence-electron chi connectivity index (χ0n) is 13.9. The molecule has 0 atom stereocenters. The normalized spacial score (nSPS) is 10.6. The Labute approximate surface area is 160 Å². The predicted molar refractivity (Wildman–Crippen MR) is 103 cm³/mol. The number of rotatable bonds is 0. The van der Waals surface area contributed by atoms with Crippen LogP contribution >= 0.6 is 0 Å². The monoisotopic (exact) mass is 427 g/mol. The number of hydrogen-bond donors (Lipinski definition) is 6. The first-order valence-corrected chi connectivity index (χ1v) is 6.57. The van der Waals surface area contributed by atoms with E-state index in [0.717, 1.165) is 33.0 Å². The average molecular weight is 427 g/mol. The first-order valence-electron chi connectivity index (χ1n) is 6.57. The molecule has 25 heavy (non-hydrogen) atoms. The van der Waals surface area contributed by atoms with E-state index in [4.69, 9.17) is 10.8 Å². The Morgan fingerprint density at radius 2 is 1.08 bits per heavy atom. The van der Waals surface area contributed by atoms with Crippen LogP contribution in [0.15, 0.2) is 60.7 Å². The minimum absolute atomic E-state index is 0. The summed E-state index contributed by atoms with van der Waals surface area (Å²) in [4.78, 5) is 0. The molecule has 1 aliphatic carbocycles. The van der Waals surface area contributed by atoms with Gasteiger partial charge in [0.1, 0.15) is 0 Å². The number of nitrogens with one attached hydrogen (secondary N) is 2. The summed E-state index contributed by atoms with van der Waals surface area (Å²) < 4.78 is 0. The first-order chi connectivity index (χ1) is 9.77. The van der Waals surface area contributed by atoms with E-state index in [9.17, 15) is 0 Å². The molecule has 0 bridgehead atoms. The van der Waals surface area contributed by atoms with E-state index in [1.165, 1.54) is 0 Å². The van der Waals surface area contributed by atoms with Crippen LogP contribution in [0.5, 0.6) is 0 Å². The standard InChI is InChI=1S/C18H12N2.4H3N.Rh/c19-17-15-8-4-3-7-13(15)14-10-9-11-5-1-2-6-12(11)16(14)18(17)20;;;;;/h1-10,19-20H;4*1H3;/q;;;;;+3. The van der Waals surface area contributed by atoms with Crippen molar-refractivity contribution in [2.45, 2.75) is 0 Å². The van der Waals surface area contributed by atoms with Gasteiger partial charge in [-0.1, -0.05) is 60.7 Å². The van der Waals surface area contributed by atoms with Crippen LogP contribution in [0.2, 0.25) is 0 Å². The van der Waals surface area contributed by atoms with Crippen LogP contribution in [0.3, 0.4) is 0 Å². The summed E-state index contributed by atoms with van der Waals surface area (Å²) in [7, 11) is 0. The Kier molecular flexibility index (Phi) is 9.26. The molecule has 0 aliphatic heterocycles. The summed E-state index contributed by atoms with van der Waals surface area (Å²) in [5.74, 6) is 0. The van der Waals surface area contributed by atoms with Crippen LogP contribution in [0, 0.1) is 10.8 Å². The molecular formula is C18H24N6Rh+3. The molecule has 132 valence electrons. The van der Waals surface area contributed by atoms with E-state index in [1.54, 1.807) is 0 Å². The topological polar surface area (TPSA) is 188 Å². The quantitative estimate of drug-likeness (QED) is 0.278.